The maximum atomic E-state index is 5.79. The van der Waals surface area contributed by atoms with Crippen molar-refractivity contribution in [2.75, 3.05) is 6.61 Å². The molecule has 0 saturated heterocycles. The van der Waals surface area contributed by atoms with Crippen LogP contribution in [0.15, 0.2) is 4.47 Å². The molecule has 90 valence electrons. The summed E-state index contributed by atoms with van der Waals surface area (Å²) in [4.78, 5) is 0. The van der Waals surface area contributed by atoms with E-state index in [4.69, 9.17) is 4.74 Å². The highest BCUT2D eigenvalue weighted by atomic mass is 79.9. The number of ether oxygens (including phenoxy) is 1. The second-order valence-corrected chi connectivity index (χ2v) is 5.43. The van der Waals surface area contributed by atoms with Crippen molar-refractivity contribution in [3.63, 3.8) is 0 Å². The second-order valence-electron chi connectivity index (χ2n) is 4.64. The Morgan fingerprint density at radius 3 is 2.69 bits per heavy atom. The van der Waals surface area contributed by atoms with Gasteiger partial charge in [-0.3, -0.25) is 4.68 Å². The highest BCUT2D eigenvalue weighted by Crippen LogP contribution is 2.26. The van der Waals surface area contributed by atoms with Crippen LogP contribution in [0.3, 0.4) is 0 Å². The number of rotatable bonds is 4. The van der Waals surface area contributed by atoms with Crippen LogP contribution in [-0.4, -0.2) is 16.4 Å². The smallest absolute Gasteiger partial charge is 0.0896 e. The van der Waals surface area contributed by atoms with E-state index in [2.05, 4.69) is 21.0 Å². The van der Waals surface area contributed by atoms with Crippen molar-refractivity contribution in [1.82, 2.24) is 9.78 Å². The van der Waals surface area contributed by atoms with Crippen LogP contribution in [0.25, 0.3) is 0 Å². The zero-order valence-electron chi connectivity index (χ0n) is 10.0. The van der Waals surface area contributed by atoms with Gasteiger partial charge < -0.3 is 4.74 Å². The molecule has 2 rings (SSSR count). The molecule has 3 nitrogen and oxygen atoms in total. The molecule has 16 heavy (non-hydrogen) atoms. The van der Waals surface area contributed by atoms with Gasteiger partial charge in [-0.1, -0.05) is 12.8 Å². The monoisotopic (exact) mass is 286 g/mol. The van der Waals surface area contributed by atoms with Crippen LogP contribution in [0.4, 0.5) is 0 Å². The van der Waals surface area contributed by atoms with Crippen molar-refractivity contribution < 1.29 is 4.74 Å². The molecule has 0 unspecified atom stereocenters. The van der Waals surface area contributed by atoms with Crippen LogP contribution < -0.4 is 0 Å². The molecule has 1 aromatic rings. The summed E-state index contributed by atoms with van der Waals surface area (Å²) in [7, 11) is 1.96. The van der Waals surface area contributed by atoms with Crippen LogP contribution in [0.5, 0.6) is 0 Å². The van der Waals surface area contributed by atoms with Gasteiger partial charge in [0, 0.05) is 13.7 Å². The molecule has 0 radical (unpaired) electrons. The van der Waals surface area contributed by atoms with Gasteiger partial charge in [0.1, 0.15) is 0 Å². The van der Waals surface area contributed by atoms with Crippen molar-refractivity contribution in [2.24, 2.45) is 13.0 Å². The largest absolute Gasteiger partial charge is 0.375 e. The van der Waals surface area contributed by atoms with Crippen LogP contribution in [0.1, 0.15) is 37.1 Å². The Morgan fingerprint density at radius 1 is 1.44 bits per heavy atom. The first-order chi connectivity index (χ1) is 7.68. The van der Waals surface area contributed by atoms with Gasteiger partial charge in [0.05, 0.1) is 22.5 Å². The van der Waals surface area contributed by atoms with Crippen molar-refractivity contribution in [1.29, 1.82) is 0 Å². The molecular weight excluding hydrogens is 268 g/mol. The lowest BCUT2D eigenvalue weighted by molar-refractivity contribution is 0.0843. The number of halogens is 1. The summed E-state index contributed by atoms with van der Waals surface area (Å²) in [5, 5.41) is 4.35. The average molecular weight is 287 g/mol. The van der Waals surface area contributed by atoms with Crippen LogP contribution >= 0.6 is 15.9 Å². The van der Waals surface area contributed by atoms with Crippen molar-refractivity contribution >= 4 is 15.9 Å². The number of nitrogens with zero attached hydrogens (tertiary/aromatic N) is 2. The molecule has 0 aliphatic heterocycles. The van der Waals surface area contributed by atoms with Gasteiger partial charge in [-0.25, -0.2) is 0 Å². The van der Waals surface area contributed by atoms with E-state index in [9.17, 15) is 0 Å². The van der Waals surface area contributed by atoms with E-state index in [1.165, 1.54) is 25.7 Å². The third-order valence-electron chi connectivity index (χ3n) is 3.33. The Labute approximate surface area is 105 Å². The Balaban J connectivity index is 1.84. The molecule has 0 N–H and O–H groups in total. The number of hydrogen-bond acceptors (Lipinski definition) is 2. The van der Waals surface area contributed by atoms with Gasteiger partial charge in [0.15, 0.2) is 0 Å². The second kappa shape index (κ2) is 5.32. The molecule has 1 saturated carbocycles. The summed E-state index contributed by atoms with van der Waals surface area (Å²) < 4.78 is 8.77. The summed E-state index contributed by atoms with van der Waals surface area (Å²) in [5.74, 6) is 0.785. The summed E-state index contributed by atoms with van der Waals surface area (Å²) in [6, 6.07) is 0. The normalized spacial score (nSPS) is 17.2. The highest BCUT2D eigenvalue weighted by molar-refractivity contribution is 9.10. The maximum absolute atomic E-state index is 5.79. The quantitative estimate of drug-likeness (QED) is 0.850. The molecular formula is C12H19BrN2O. The van der Waals surface area contributed by atoms with Crippen LogP contribution in [0.2, 0.25) is 0 Å². The minimum absolute atomic E-state index is 0.661. The van der Waals surface area contributed by atoms with E-state index in [0.29, 0.717) is 6.61 Å². The molecule has 0 atom stereocenters. The zero-order valence-corrected chi connectivity index (χ0v) is 11.6. The van der Waals surface area contributed by atoms with Gasteiger partial charge in [0.2, 0.25) is 0 Å². The van der Waals surface area contributed by atoms with Gasteiger partial charge in [-0.05, 0) is 41.6 Å². The molecule has 1 heterocycles. The molecule has 4 heteroatoms. The molecule has 0 spiro atoms. The lowest BCUT2D eigenvalue weighted by Crippen LogP contribution is -2.08. The standard InChI is InChI=1S/C12H19BrN2O/c1-9-12(13)11(15(2)14-9)8-16-7-10-5-3-4-6-10/h10H,3-8H2,1-2H3. The zero-order chi connectivity index (χ0) is 11.5. The SMILES string of the molecule is Cc1nn(C)c(COCC2CCCC2)c1Br. The molecule has 0 amide bonds. The lowest BCUT2D eigenvalue weighted by atomic mass is 10.1. The predicted molar refractivity (Wildman–Crippen MR) is 67.3 cm³/mol. The Bertz CT molecular complexity index is 356. The van der Waals surface area contributed by atoms with Crippen molar-refractivity contribution in [3.05, 3.63) is 15.9 Å². The van der Waals surface area contributed by atoms with Crippen molar-refractivity contribution in [3.8, 4) is 0 Å². The summed E-state index contributed by atoms with van der Waals surface area (Å²) in [6.07, 6.45) is 5.43. The Morgan fingerprint density at radius 2 is 2.12 bits per heavy atom. The first-order valence-electron chi connectivity index (χ1n) is 5.94. The van der Waals surface area contributed by atoms with E-state index in [1.807, 2.05) is 18.7 Å². The minimum Gasteiger partial charge on any atom is -0.375 e. The summed E-state index contributed by atoms with van der Waals surface area (Å²) >= 11 is 3.55. The Hall–Kier alpha value is -0.350. The van der Waals surface area contributed by atoms with Gasteiger partial charge in [-0.2, -0.15) is 5.10 Å². The van der Waals surface area contributed by atoms with Crippen molar-refractivity contribution in [2.45, 2.75) is 39.2 Å². The number of aryl methyl sites for hydroxylation is 2. The highest BCUT2D eigenvalue weighted by Gasteiger charge is 2.16. The van der Waals surface area contributed by atoms with E-state index < -0.39 is 0 Å². The molecule has 1 aliphatic carbocycles. The van der Waals surface area contributed by atoms with E-state index >= 15 is 0 Å². The maximum Gasteiger partial charge on any atom is 0.0896 e. The molecule has 1 aliphatic rings. The van der Waals surface area contributed by atoms with Crippen LogP contribution in [-0.2, 0) is 18.4 Å². The number of hydrogen-bond donors (Lipinski definition) is 0. The first kappa shape index (κ1) is 12.1. The molecule has 0 aromatic carbocycles. The fourth-order valence-electron chi connectivity index (χ4n) is 2.34. The third kappa shape index (κ3) is 2.66. The molecule has 0 bridgehead atoms. The van der Waals surface area contributed by atoms with Gasteiger partial charge >= 0.3 is 0 Å². The van der Waals surface area contributed by atoms with Gasteiger partial charge in [0.25, 0.3) is 0 Å². The third-order valence-corrected chi connectivity index (χ3v) is 4.36. The average Bonchev–Trinajstić information content (AvgIpc) is 2.82. The Kier molecular flexibility index (Phi) is 4.03. The summed E-state index contributed by atoms with van der Waals surface area (Å²) in [6.45, 7) is 3.57. The fraction of sp³-hybridized carbons (Fsp3) is 0.750. The van der Waals surface area contributed by atoms with E-state index in [0.717, 1.165) is 28.4 Å². The first-order valence-corrected chi connectivity index (χ1v) is 6.73. The predicted octanol–water partition coefficient (Wildman–Crippen LogP) is 3.20. The summed E-state index contributed by atoms with van der Waals surface area (Å²) in [5.41, 5.74) is 2.16. The van der Waals surface area contributed by atoms with E-state index in [-0.39, 0.29) is 0 Å². The molecule has 1 fully saturated rings. The number of aromatic nitrogens is 2. The van der Waals surface area contributed by atoms with Gasteiger partial charge in [-0.15, -0.1) is 0 Å². The van der Waals surface area contributed by atoms with E-state index in [1.54, 1.807) is 0 Å². The molecule has 1 aromatic heterocycles. The lowest BCUT2D eigenvalue weighted by Gasteiger charge is -2.10. The topological polar surface area (TPSA) is 27.1 Å². The minimum atomic E-state index is 0.661. The fourth-order valence-corrected chi connectivity index (χ4v) is 2.79. The van der Waals surface area contributed by atoms with Crippen LogP contribution in [0, 0.1) is 12.8 Å².